The van der Waals surface area contributed by atoms with E-state index in [9.17, 15) is 4.79 Å². The van der Waals surface area contributed by atoms with Crippen molar-refractivity contribution in [3.8, 4) is 0 Å². The summed E-state index contributed by atoms with van der Waals surface area (Å²) in [5, 5.41) is 8.90. The molecule has 1 amide bonds. The second-order valence-corrected chi connectivity index (χ2v) is 3.66. The first kappa shape index (κ1) is 14.3. The Balaban J connectivity index is 2.57. The number of hydrogen-bond donors (Lipinski definition) is 1. The molecule has 1 aromatic rings. The Kier molecular flexibility index (Phi) is 6.68. The van der Waals surface area contributed by atoms with Crippen molar-refractivity contribution in [2.24, 2.45) is 0 Å². The van der Waals surface area contributed by atoms with Gasteiger partial charge in [-0.05, 0) is 17.7 Å². The number of ether oxygens (including phenoxy) is 1. The predicted molar refractivity (Wildman–Crippen MR) is 68.8 cm³/mol. The molecule has 0 aliphatic carbocycles. The SMILES string of the molecule is COCCN(CCO)C(=O)/C=C/c1cccnc1. The molecule has 5 nitrogen and oxygen atoms in total. The number of nitrogens with zero attached hydrogens (tertiary/aromatic N) is 2. The van der Waals surface area contributed by atoms with E-state index >= 15 is 0 Å². The lowest BCUT2D eigenvalue weighted by Crippen LogP contribution is -2.34. The van der Waals surface area contributed by atoms with Gasteiger partial charge in [0.25, 0.3) is 0 Å². The number of aromatic nitrogens is 1. The van der Waals surface area contributed by atoms with Crippen LogP contribution in [-0.4, -0.2) is 54.3 Å². The first-order valence-electron chi connectivity index (χ1n) is 5.74. The highest BCUT2D eigenvalue weighted by Gasteiger charge is 2.08. The summed E-state index contributed by atoms with van der Waals surface area (Å²) < 4.78 is 4.92. The van der Waals surface area contributed by atoms with E-state index in [1.807, 2.05) is 6.07 Å². The number of methoxy groups -OCH3 is 1. The molecule has 0 unspecified atom stereocenters. The molecule has 5 heteroatoms. The third-order valence-electron chi connectivity index (χ3n) is 2.35. The molecular formula is C13H18N2O3. The van der Waals surface area contributed by atoms with Gasteiger partial charge in [-0.1, -0.05) is 6.07 Å². The third kappa shape index (κ3) is 5.07. The van der Waals surface area contributed by atoms with Gasteiger partial charge in [-0.2, -0.15) is 0 Å². The molecule has 1 aromatic heterocycles. The smallest absolute Gasteiger partial charge is 0.246 e. The lowest BCUT2D eigenvalue weighted by molar-refractivity contribution is -0.127. The third-order valence-corrected chi connectivity index (χ3v) is 2.35. The maximum atomic E-state index is 11.9. The second kappa shape index (κ2) is 8.38. The Bertz CT molecular complexity index is 379. The number of hydrogen-bond acceptors (Lipinski definition) is 4. The van der Waals surface area contributed by atoms with Crippen molar-refractivity contribution in [2.75, 3.05) is 33.4 Å². The Morgan fingerprint density at radius 1 is 1.56 bits per heavy atom. The quantitative estimate of drug-likeness (QED) is 0.718. The lowest BCUT2D eigenvalue weighted by Gasteiger charge is -2.19. The summed E-state index contributed by atoms with van der Waals surface area (Å²) >= 11 is 0. The molecule has 0 atom stereocenters. The summed E-state index contributed by atoms with van der Waals surface area (Å²) in [6.45, 7) is 1.16. The van der Waals surface area contributed by atoms with E-state index in [1.54, 1.807) is 31.6 Å². The zero-order valence-electron chi connectivity index (χ0n) is 10.5. The number of amides is 1. The van der Waals surface area contributed by atoms with Crippen molar-refractivity contribution in [1.29, 1.82) is 0 Å². The van der Waals surface area contributed by atoms with Crippen molar-refractivity contribution < 1.29 is 14.6 Å². The maximum absolute atomic E-state index is 11.9. The summed E-state index contributed by atoms with van der Waals surface area (Å²) in [6.07, 6.45) is 6.53. The predicted octanol–water partition coefficient (Wildman–Crippen LogP) is 0.562. The van der Waals surface area contributed by atoms with Crippen LogP contribution in [0.4, 0.5) is 0 Å². The first-order valence-corrected chi connectivity index (χ1v) is 5.74. The second-order valence-electron chi connectivity index (χ2n) is 3.66. The minimum absolute atomic E-state index is 0.0593. The van der Waals surface area contributed by atoms with Gasteiger partial charge in [0.15, 0.2) is 0 Å². The van der Waals surface area contributed by atoms with Crippen LogP contribution >= 0.6 is 0 Å². The van der Waals surface area contributed by atoms with Gasteiger partial charge in [0.05, 0.1) is 13.2 Å². The number of pyridine rings is 1. The van der Waals surface area contributed by atoms with Gasteiger partial charge in [-0.15, -0.1) is 0 Å². The van der Waals surface area contributed by atoms with Crippen molar-refractivity contribution in [1.82, 2.24) is 9.88 Å². The highest BCUT2D eigenvalue weighted by atomic mass is 16.5. The molecule has 0 spiro atoms. The first-order chi connectivity index (χ1) is 8.77. The summed E-state index contributed by atoms with van der Waals surface area (Å²) in [5.74, 6) is -0.148. The maximum Gasteiger partial charge on any atom is 0.246 e. The molecule has 1 heterocycles. The van der Waals surface area contributed by atoms with E-state index < -0.39 is 0 Å². The van der Waals surface area contributed by atoms with Crippen LogP contribution in [0.5, 0.6) is 0 Å². The molecule has 0 aromatic carbocycles. The van der Waals surface area contributed by atoms with Crippen LogP contribution in [0.1, 0.15) is 5.56 Å². The van der Waals surface area contributed by atoms with Crippen molar-refractivity contribution >= 4 is 12.0 Å². The van der Waals surface area contributed by atoms with Crippen LogP contribution in [0.2, 0.25) is 0 Å². The fourth-order valence-corrected chi connectivity index (χ4v) is 1.40. The molecule has 0 saturated heterocycles. The molecule has 18 heavy (non-hydrogen) atoms. The number of rotatable bonds is 7. The average molecular weight is 250 g/mol. The minimum atomic E-state index is -0.148. The standard InChI is InChI=1S/C13H18N2O3/c1-18-10-8-15(7-9-16)13(17)5-4-12-3-2-6-14-11-12/h2-6,11,16H,7-10H2,1H3/b5-4+. The Morgan fingerprint density at radius 3 is 3.00 bits per heavy atom. The zero-order chi connectivity index (χ0) is 13.2. The van der Waals surface area contributed by atoms with Crippen LogP contribution in [0.25, 0.3) is 6.08 Å². The molecule has 1 N–H and O–H groups in total. The van der Waals surface area contributed by atoms with Gasteiger partial charge in [0.2, 0.25) is 5.91 Å². The van der Waals surface area contributed by atoms with Crippen molar-refractivity contribution in [3.05, 3.63) is 36.2 Å². The fourth-order valence-electron chi connectivity index (χ4n) is 1.40. The topological polar surface area (TPSA) is 62.7 Å². The van der Waals surface area contributed by atoms with E-state index in [-0.39, 0.29) is 12.5 Å². The van der Waals surface area contributed by atoms with E-state index in [0.29, 0.717) is 19.7 Å². The van der Waals surface area contributed by atoms with Crippen molar-refractivity contribution in [3.63, 3.8) is 0 Å². The van der Waals surface area contributed by atoms with E-state index in [2.05, 4.69) is 4.98 Å². The monoisotopic (exact) mass is 250 g/mol. The van der Waals surface area contributed by atoms with Crippen LogP contribution in [0.15, 0.2) is 30.6 Å². The Labute approximate surface area is 107 Å². The molecule has 0 bridgehead atoms. The molecule has 0 saturated carbocycles. The fraction of sp³-hybridized carbons (Fsp3) is 0.385. The van der Waals surface area contributed by atoms with Gasteiger partial charge in [-0.25, -0.2) is 0 Å². The molecule has 98 valence electrons. The summed E-state index contributed by atoms with van der Waals surface area (Å²) in [5.41, 5.74) is 0.863. The van der Waals surface area contributed by atoms with E-state index in [4.69, 9.17) is 9.84 Å². The zero-order valence-corrected chi connectivity index (χ0v) is 10.5. The number of aliphatic hydroxyl groups excluding tert-OH is 1. The molecule has 1 rings (SSSR count). The van der Waals surface area contributed by atoms with Gasteiger partial charge < -0.3 is 14.7 Å². The number of aliphatic hydroxyl groups is 1. The van der Waals surface area contributed by atoms with Gasteiger partial charge >= 0.3 is 0 Å². The van der Waals surface area contributed by atoms with Gasteiger partial charge in [0, 0.05) is 38.7 Å². The van der Waals surface area contributed by atoms with Gasteiger partial charge in [-0.3, -0.25) is 9.78 Å². The van der Waals surface area contributed by atoms with Gasteiger partial charge in [0.1, 0.15) is 0 Å². The molecule has 0 fully saturated rings. The molecule has 0 aliphatic heterocycles. The molecule has 0 aliphatic rings. The number of carbonyl (C=O) groups is 1. The van der Waals surface area contributed by atoms with Crippen molar-refractivity contribution in [2.45, 2.75) is 0 Å². The van der Waals surface area contributed by atoms with E-state index in [1.165, 1.54) is 11.0 Å². The Morgan fingerprint density at radius 2 is 2.39 bits per heavy atom. The normalized spacial score (nSPS) is 10.8. The molecule has 0 radical (unpaired) electrons. The van der Waals surface area contributed by atoms with Crippen LogP contribution in [-0.2, 0) is 9.53 Å². The summed E-state index contributed by atoms with van der Waals surface area (Å²) in [6, 6.07) is 3.67. The Hall–Kier alpha value is -1.72. The minimum Gasteiger partial charge on any atom is -0.395 e. The molecular weight excluding hydrogens is 232 g/mol. The van der Waals surface area contributed by atoms with E-state index in [0.717, 1.165) is 5.56 Å². The highest BCUT2D eigenvalue weighted by Crippen LogP contribution is 2.00. The summed E-state index contributed by atoms with van der Waals surface area (Å²) in [7, 11) is 1.58. The summed E-state index contributed by atoms with van der Waals surface area (Å²) in [4.78, 5) is 17.4. The van der Waals surface area contributed by atoms with Crippen LogP contribution < -0.4 is 0 Å². The van der Waals surface area contributed by atoms with Crippen LogP contribution in [0, 0.1) is 0 Å². The lowest BCUT2D eigenvalue weighted by atomic mass is 10.2. The number of carbonyl (C=O) groups excluding carboxylic acids is 1. The largest absolute Gasteiger partial charge is 0.395 e. The van der Waals surface area contributed by atoms with Crippen LogP contribution in [0.3, 0.4) is 0 Å². The average Bonchev–Trinajstić information content (AvgIpc) is 2.42. The highest BCUT2D eigenvalue weighted by molar-refractivity contribution is 5.91.